The summed E-state index contributed by atoms with van der Waals surface area (Å²) >= 11 is 1.41. The number of fused-ring (bicyclic) bond motifs is 1. The van der Waals surface area contributed by atoms with Gasteiger partial charge in [-0.05, 0) is 42.7 Å². The maximum atomic E-state index is 12.2. The molecule has 1 saturated carbocycles. The fourth-order valence-electron chi connectivity index (χ4n) is 3.68. The number of anilines is 1. The van der Waals surface area contributed by atoms with Crippen molar-refractivity contribution in [2.75, 3.05) is 25.0 Å². The molecule has 1 aromatic heterocycles. The van der Waals surface area contributed by atoms with Crippen LogP contribution in [0.1, 0.15) is 37.7 Å². The molecule has 1 aliphatic carbocycles. The number of carbonyl (C=O) groups excluding carboxylic acids is 1. The summed E-state index contributed by atoms with van der Waals surface area (Å²) in [6, 6.07) is 3.85. The standard InChI is InChI=1S/C16H21N3OS/c17-9-13-6-8-21-16(13)18-15(20)11-19-7-5-12-3-1-2-4-14(12)10-19/h6,8,12,14H,1-5,7,10-11H2,(H,18,20)/t12-,14+/m1/s1. The van der Waals surface area contributed by atoms with Gasteiger partial charge in [0.15, 0.2) is 0 Å². The molecule has 5 heteroatoms. The lowest BCUT2D eigenvalue weighted by molar-refractivity contribution is -0.118. The first-order valence-electron chi connectivity index (χ1n) is 7.76. The highest BCUT2D eigenvalue weighted by Gasteiger charge is 2.31. The van der Waals surface area contributed by atoms with Gasteiger partial charge in [-0.25, -0.2) is 0 Å². The summed E-state index contributed by atoms with van der Waals surface area (Å²) in [6.45, 7) is 2.55. The Morgan fingerprint density at radius 1 is 1.38 bits per heavy atom. The number of rotatable bonds is 3. The van der Waals surface area contributed by atoms with Crippen molar-refractivity contribution in [2.45, 2.75) is 32.1 Å². The number of nitrogens with zero attached hydrogens (tertiary/aromatic N) is 2. The molecule has 4 nitrogen and oxygen atoms in total. The number of nitrogens with one attached hydrogen (secondary N) is 1. The maximum absolute atomic E-state index is 12.2. The number of thiophene rings is 1. The first-order valence-corrected chi connectivity index (χ1v) is 8.64. The molecule has 2 heterocycles. The van der Waals surface area contributed by atoms with Gasteiger partial charge in [0.05, 0.1) is 12.1 Å². The molecule has 2 aliphatic rings. The van der Waals surface area contributed by atoms with Crippen molar-refractivity contribution < 1.29 is 4.79 Å². The van der Waals surface area contributed by atoms with Crippen LogP contribution in [0, 0.1) is 23.2 Å². The van der Waals surface area contributed by atoms with E-state index >= 15 is 0 Å². The van der Waals surface area contributed by atoms with E-state index in [2.05, 4.69) is 16.3 Å². The smallest absolute Gasteiger partial charge is 0.239 e. The summed E-state index contributed by atoms with van der Waals surface area (Å²) < 4.78 is 0. The van der Waals surface area contributed by atoms with Crippen molar-refractivity contribution in [3.05, 3.63) is 17.0 Å². The Kier molecular flexibility index (Phi) is 4.57. The van der Waals surface area contributed by atoms with Crippen molar-refractivity contribution in [3.63, 3.8) is 0 Å². The number of hydrogen-bond acceptors (Lipinski definition) is 4. The Hall–Kier alpha value is -1.38. The second kappa shape index (κ2) is 6.59. The molecule has 0 aromatic carbocycles. The van der Waals surface area contributed by atoms with Crippen molar-refractivity contribution in [1.82, 2.24) is 4.90 Å². The van der Waals surface area contributed by atoms with E-state index in [1.807, 2.05) is 5.38 Å². The van der Waals surface area contributed by atoms with Crippen molar-refractivity contribution in [1.29, 1.82) is 5.26 Å². The van der Waals surface area contributed by atoms with Crippen LogP contribution in [-0.4, -0.2) is 30.4 Å². The van der Waals surface area contributed by atoms with Gasteiger partial charge in [-0.2, -0.15) is 5.26 Å². The lowest BCUT2D eigenvalue weighted by Gasteiger charge is -2.41. The molecule has 0 unspecified atom stereocenters. The molecule has 0 bridgehead atoms. The van der Waals surface area contributed by atoms with Gasteiger partial charge in [0.1, 0.15) is 11.1 Å². The molecule has 1 saturated heterocycles. The predicted molar refractivity (Wildman–Crippen MR) is 84.2 cm³/mol. The zero-order chi connectivity index (χ0) is 14.7. The molecule has 3 rings (SSSR count). The average molecular weight is 303 g/mol. The number of amides is 1. The van der Waals surface area contributed by atoms with Crippen LogP contribution < -0.4 is 5.32 Å². The molecule has 0 radical (unpaired) electrons. The largest absolute Gasteiger partial charge is 0.315 e. The molecule has 1 N–H and O–H groups in total. The van der Waals surface area contributed by atoms with Crippen LogP contribution in [0.25, 0.3) is 0 Å². The highest BCUT2D eigenvalue weighted by atomic mass is 32.1. The number of piperidine rings is 1. The number of hydrogen-bond donors (Lipinski definition) is 1. The van der Waals surface area contributed by atoms with Crippen LogP contribution in [-0.2, 0) is 4.79 Å². The average Bonchev–Trinajstić information content (AvgIpc) is 2.94. The normalized spacial score (nSPS) is 25.9. The van der Waals surface area contributed by atoms with Crippen LogP contribution in [0.15, 0.2) is 11.4 Å². The number of likely N-dealkylation sites (tertiary alicyclic amines) is 1. The van der Waals surface area contributed by atoms with Crippen molar-refractivity contribution in [3.8, 4) is 6.07 Å². The first kappa shape index (κ1) is 14.6. The SMILES string of the molecule is N#Cc1ccsc1NC(=O)CN1CC[C@H]2CCCC[C@H]2C1. The monoisotopic (exact) mass is 303 g/mol. The molecule has 21 heavy (non-hydrogen) atoms. The van der Waals surface area contributed by atoms with Crippen LogP contribution in [0.2, 0.25) is 0 Å². The zero-order valence-electron chi connectivity index (χ0n) is 12.2. The van der Waals surface area contributed by atoms with Gasteiger partial charge in [0.2, 0.25) is 5.91 Å². The van der Waals surface area contributed by atoms with Crippen molar-refractivity contribution >= 4 is 22.2 Å². The molecule has 2 atom stereocenters. The summed E-state index contributed by atoms with van der Waals surface area (Å²) in [6.07, 6.45) is 6.68. The molecule has 1 aromatic rings. The third-order valence-electron chi connectivity index (χ3n) is 4.78. The third-order valence-corrected chi connectivity index (χ3v) is 5.61. The van der Waals surface area contributed by atoms with Gasteiger partial charge in [-0.15, -0.1) is 11.3 Å². The van der Waals surface area contributed by atoms with Gasteiger partial charge in [0.25, 0.3) is 0 Å². The quantitative estimate of drug-likeness (QED) is 0.933. The Morgan fingerprint density at radius 2 is 2.19 bits per heavy atom. The molecule has 112 valence electrons. The molecule has 0 spiro atoms. The van der Waals surface area contributed by atoms with E-state index in [0.29, 0.717) is 17.1 Å². The van der Waals surface area contributed by atoms with Gasteiger partial charge < -0.3 is 5.32 Å². The van der Waals surface area contributed by atoms with E-state index in [1.54, 1.807) is 6.07 Å². The van der Waals surface area contributed by atoms with Crippen molar-refractivity contribution in [2.24, 2.45) is 11.8 Å². The summed E-state index contributed by atoms with van der Waals surface area (Å²) in [5, 5.41) is 14.4. The zero-order valence-corrected chi connectivity index (χ0v) is 13.0. The first-order chi connectivity index (χ1) is 10.3. The summed E-state index contributed by atoms with van der Waals surface area (Å²) in [7, 11) is 0. The third kappa shape index (κ3) is 3.45. The second-order valence-corrected chi connectivity index (χ2v) is 7.07. The van der Waals surface area contributed by atoms with Gasteiger partial charge in [-0.1, -0.05) is 19.3 Å². The second-order valence-electron chi connectivity index (χ2n) is 6.15. The van der Waals surface area contributed by atoms with E-state index < -0.39 is 0 Å². The van der Waals surface area contributed by atoms with Crippen LogP contribution in [0.5, 0.6) is 0 Å². The Labute approximate surface area is 129 Å². The fourth-order valence-corrected chi connectivity index (χ4v) is 4.44. The maximum Gasteiger partial charge on any atom is 0.239 e. The Morgan fingerprint density at radius 3 is 3.00 bits per heavy atom. The van der Waals surface area contributed by atoms with E-state index in [0.717, 1.165) is 24.9 Å². The van der Waals surface area contributed by atoms with Crippen LogP contribution >= 0.6 is 11.3 Å². The van der Waals surface area contributed by atoms with E-state index in [1.165, 1.54) is 43.4 Å². The van der Waals surface area contributed by atoms with Crippen LogP contribution in [0.4, 0.5) is 5.00 Å². The Bertz CT molecular complexity index is 548. The molecular formula is C16H21N3OS. The fraction of sp³-hybridized carbons (Fsp3) is 0.625. The minimum absolute atomic E-state index is 0.00297. The minimum Gasteiger partial charge on any atom is -0.315 e. The molecular weight excluding hydrogens is 282 g/mol. The lowest BCUT2D eigenvalue weighted by atomic mass is 9.75. The number of nitriles is 1. The lowest BCUT2D eigenvalue weighted by Crippen LogP contribution is -2.44. The molecule has 1 aliphatic heterocycles. The van der Waals surface area contributed by atoms with Gasteiger partial charge in [0, 0.05) is 6.54 Å². The number of carbonyl (C=O) groups is 1. The molecule has 2 fully saturated rings. The summed E-state index contributed by atoms with van der Waals surface area (Å²) in [5.74, 6) is 1.68. The minimum atomic E-state index is 0.00297. The summed E-state index contributed by atoms with van der Waals surface area (Å²) in [5.41, 5.74) is 0.555. The highest BCUT2D eigenvalue weighted by molar-refractivity contribution is 7.14. The van der Waals surface area contributed by atoms with E-state index in [4.69, 9.17) is 5.26 Å². The van der Waals surface area contributed by atoms with Gasteiger partial charge in [-0.3, -0.25) is 9.69 Å². The topological polar surface area (TPSA) is 56.1 Å². The highest BCUT2D eigenvalue weighted by Crippen LogP contribution is 2.35. The Balaban J connectivity index is 1.52. The van der Waals surface area contributed by atoms with Gasteiger partial charge >= 0.3 is 0 Å². The van der Waals surface area contributed by atoms with E-state index in [9.17, 15) is 4.79 Å². The summed E-state index contributed by atoms with van der Waals surface area (Å²) in [4.78, 5) is 14.4. The molecule has 1 amide bonds. The van der Waals surface area contributed by atoms with Crippen LogP contribution in [0.3, 0.4) is 0 Å². The van der Waals surface area contributed by atoms with E-state index in [-0.39, 0.29) is 5.91 Å². The predicted octanol–water partition coefficient (Wildman–Crippen LogP) is 3.07.